The second-order valence-electron chi connectivity index (χ2n) is 11.7. The molecule has 0 saturated carbocycles. The zero-order chi connectivity index (χ0) is 30.5. The number of hydrogen-bond donors (Lipinski definition) is 0. The van der Waals surface area contributed by atoms with E-state index in [1.54, 1.807) is 17.0 Å². The molecule has 8 heteroatoms. The molecule has 3 heterocycles. The number of para-hydroxylation sites is 2. The maximum atomic E-state index is 15.6. The first-order chi connectivity index (χ1) is 22.0. The number of amides is 1. The molecule has 222 valence electrons. The smallest absolute Gasteiger partial charge is 0.280 e. The lowest BCUT2D eigenvalue weighted by Crippen LogP contribution is -2.30. The van der Waals surface area contributed by atoms with Crippen molar-refractivity contribution in [3.63, 3.8) is 0 Å². The number of allylic oxidation sites excluding steroid dienone is 1. The lowest BCUT2D eigenvalue weighted by Gasteiger charge is -2.32. The fraction of sp³-hybridized carbons (Fsp3) is 0.162. The van der Waals surface area contributed by atoms with Crippen molar-refractivity contribution in [3.8, 4) is 5.69 Å². The van der Waals surface area contributed by atoms with Crippen LogP contribution in [-0.2, 0) is 24.2 Å². The van der Waals surface area contributed by atoms with Crippen LogP contribution in [0.5, 0.6) is 0 Å². The van der Waals surface area contributed by atoms with Crippen molar-refractivity contribution < 1.29 is 13.6 Å². The van der Waals surface area contributed by atoms with Gasteiger partial charge in [0, 0.05) is 48.2 Å². The van der Waals surface area contributed by atoms with E-state index in [1.807, 2.05) is 66.9 Å². The van der Waals surface area contributed by atoms with Gasteiger partial charge in [0.2, 0.25) is 0 Å². The third-order valence-electron chi connectivity index (χ3n) is 8.94. The van der Waals surface area contributed by atoms with Crippen LogP contribution >= 0.6 is 0 Å². The molecule has 1 amide bonds. The molecule has 1 aliphatic carbocycles. The largest absolute Gasteiger partial charge is 0.367 e. The van der Waals surface area contributed by atoms with Gasteiger partial charge >= 0.3 is 0 Å². The average Bonchev–Trinajstić information content (AvgIpc) is 3.72. The first kappa shape index (κ1) is 27.2. The Bertz CT molecular complexity index is 2000. The highest BCUT2D eigenvalue weighted by atomic mass is 19.1. The van der Waals surface area contributed by atoms with Gasteiger partial charge in [-0.05, 0) is 78.4 Å². The van der Waals surface area contributed by atoms with Crippen LogP contribution in [0.4, 0.5) is 20.2 Å². The molecule has 0 saturated heterocycles. The van der Waals surface area contributed by atoms with Gasteiger partial charge in [-0.1, -0.05) is 54.6 Å². The Morgan fingerprint density at radius 3 is 2.44 bits per heavy atom. The Morgan fingerprint density at radius 2 is 1.62 bits per heavy atom. The van der Waals surface area contributed by atoms with Crippen LogP contribution in [-0.4, -0.2) is 27.9 Å². The van der Waals surface area contributed by atoms with Crippen LogP contribution in [0, 0.1) is 11.6 Å². The monoisotopic (exact) mass is 597 g/mol. The van der Waals surface area contributed by atoms with Crippen molar-refractivity contribution in [2.75, 3.05) is 16.5 Å². The zero-order valence-electron chi connectivity index (χ0n) is 24.4. The highest BCUT2D eigenvalue weighted by Gasteiger charge is 2.41. The van der Waals surface area contributed by atoms with E-state index in [1.165, 1.54) is 16.3 Å². The van der Waals surface area contributed by atoms with Gasteiger partial charge in [-0.2, -0.15) is 15.2 Å². The standard InChI is InChI=1S/C37H29F2N5O/c38-30-16-17-31(39)35-34(30)27(21-24-12-14-28(15-13-24)43-20-6-18-40-43)22-29-36(35)41-44(37(29)45)33-11-4-2-8-26(33)23-42-19-5-9-25-7-1-3-10-32(25)42/h1-4,6-8,10-18,20,22,27H,5,9,19,21,23H2. The van der Waals surface area contributed by atoms with Crippen molar-refractivity contribution in [2.24, 2.45) is 5.10 Å². The number of carbonyl (C=O) groups is 1. The van der Waals surface area contributed by atoms with Gasteiger partial charge < -0.3 is 4.90 Å². The maximum absolute atomic E-state index is 15.6. The third kappa shape index (κ3) is 4.73. The molecule has 5 aromatic rings. The van der Waals surface area contributed by atoms with Crippen molar-refractivity contribution in [1.82, 2.24) is 9.78 Å². The SMILES string of the molecule is O=C1C2=CC(Cc3ccc(-n4cccn4)cc3)c3c(F)ccc(F)c3C2=NN1c1ccccc1CN1CCCc2ccccc21. The fourth-order valence-corrected chi connectivity index (χ4v) is 6.82. The lowest BCUT2D eigenvalue weighted by atomic mass is 9.79. The first-order valence-corrected chi connectivity index (χ1v) is 15.2. The molecule has 0 N–H and O–H groups in total. The number of rotatable bonds is 6. The molecule has 0 fully saturated rings. The van der Waals surface area contributed by atoms with Crippen molar-refractivity contribution in [3.05, 3.63) is 154 Å². The molecule has 2 aliphatic heterocycles. The number of aromatic nitrogens is 2. The summed E-state index contributed by atoms with van der Waals surface area (Å²) in [4.78, 5) is 16.4. The number of fused-ring (bicyclic) bond motifs is 4. The number of anilines is 2. The Kier molecular flexibility index (Phi) is 6.63. The Morgan fingerprint density at radius 1 is 0.844 bits per heavy atom. The van der Waals surface area contributed by atoms with Crippen LogP contribution in [0.25, 0.3) is 5.69 Å². The van der Waals surface area contributed by atoms with Gasteiger partial charge in [-0.3, -0.25) is 4.79 Å². The summed E-state index contributed by atoms with van der Waals surface area (Å²) in [7, 11) is 0. The van der Waals surface area contributed by atoms with E-state index in [0.29, 0.717) is 24.2 Å². The van der Waals surface area contributed by atoms with Crippen molar-refractivity contribution >= 4 is 23.0 Å². The molecule has 1 unspecified atom stereocenters. The number of halogens is 2. The number of hydrogen-bond acceptors (Lipinski definition) is 4. The second kappa shape index (κ2) is 11.0. The quantitative estimate of drug-likeness (QED) is 0.210. The maximum Gasteiger partial charge on any atom is 0.280 e. The summed E-state index contributed by atoms with van der Waals surface area (Å²) in [5.41, 5.74) is 6.65. The molecule has 0 bridgehead atoms. The van der Waals surface area contributed by atoms with Crippen LogP contribution in [0.3, 0.4) is 0 Å². The first-order valence-electron chi connectivity index (χ1n) is 15.2. The van der Waals surface area contributed by atoms with E-state index >= 15 is 8.78 Å². The molecule has 0 spiro atoms. The molecule has 1 atom stereocenters. The molecular weight excluding hydrogens is 568 g/mol. The summed E-state index contributed by atoms with van der Waals surface area (Å²) < 4.78 is 32.8. The van der Waals surface area contributed by atoms with Gasteiger partial charge in [-0.15, -0.1) is 0 Å². The van der Waals surface area contributed by atoms with Gasteiger partial charge in [0.1, 0.15) is 17.3 Å². The predicted octanol–water partition coefficient (Wildman–Crippen LogP) is 7.12. The molecule has 1 aromatic heterocycles. The third-order valence-corrected chi connectivity index (χ3v) is 8.94. The second-order valence-corrected chi connectivity index (χ2v) is 11.7. The molecule has 8 rings (SSSR count). The van der Waals surface area contributed by atoms with Crippen LogP contribution in [0.1, 0.15) is 40.2 Å². The number of benzene rings is 4. The summed E-state index contributed by atoms with van der Waals surface area (Å²) in [6, 6.07) is 28.0. The van der Waals surface area contributed by atoms with Gasteiger partial charge in [0.05, 0.1) is 16.9 Å². The fourth-order valence-electron chi connectivity index (χ4n) is 6.82. The summed E-state index contributed by atoms with van der Waals surface area (Å²) in [6.45, 7) is 1.50. The Balaban J connectivity index is 1.15. The summed E-state index contributed by atoms with van der Waals surface area (Å²) in [6.07, 6.45) is 7.81. The van der Waals surface area contributed by atoms with E-state index < -0.39 is 17.6 Å². The minimum Gasteiger partial charge on any atom is -0.367 e. The minimum absolute atomic E-state index is 0.0592. The summed E-state index contributed by atoms with van der Waals surface area (Å²) >= 11 is 0. The Labute approximate surface area is 259 Å². The number of nitrogens with zero attached hydrogens (tertiary/aromatic N) is 5. The van der Waals surface area contributed by atoms with Gasteiger partial charge in [0.15, 0.2) is 0 Å². The lowest BCUT2D eigenvalue weighted by molar-refractivity contribution is -0.114. The minimum atomic E-state index is -0.595. The van der Waals surface area contributed by atoms with Gasteiger partial charge in [-0.25, -0.2) is 13.5 Å². The molecular formula is C37H29F2N5O. The average molecular weight is 598 g/mol. The molecule has 3 aliphatic rings. The van der Waals surface area contributed by atoms with Crippen LogP contribution in [0.15, 0.2) is 120 Å². The number of carbonyl (C=O) groups excluding carboxylic acids is 1. The number of hydrazone groups is 1. The normalized spacial score (nSPS) is 17.0. The zero-order valence-corrected chi connectivity index (χ0v) is 24.4. The summed E-state index contributed by atoms with van der Waals surface area (Å²) in [5, 5.41) is 10.3. The van der Waals surface area contributed by atoms with Crippen LogP contribution in [0.2, 0.25) is 0 Å². The van der Waals surface area contributed by atoms with E-state index in [9.17, 15) is 4.79 Å². The Hall–Kier alpha value is -5.37. The van der Waals surface area contributed by atoms with E-state index in [4.69, 9.17) is 0 Å². The molecule has 6 nitrogen and oxygen atoms in total. The highest BCUT2D eigenvalue weighted by Crippen LogP contribution is 2.41. The molecule has 45 heavy (non-hydrogen) atoms. The van der Waals surface area contributed by atoms with Gasteiger partial charge in [0.25, 0.3) is 5.91 Å². The molecule has 4 aromatic carbocycles. The predicted molar refractivity (Wildman–Crippen MR) is 171 cm³/mol. The van der Waals surface area contributed by atoms with Crippen LogP contribution < -0.4 is 9.91 Å². The van der Waals surface area contributed by atoms with E-state index in [2.05, 4.69) is 33.3 Å². The molecule has 0 radical (unpaired) electrons. The highest BCUT2D eigenvalue weighted by molar-refractivity contribution is 6.36. The summed E-state index contributed by atoms with van der Waals surface area (Å²) in [5.74, 6) is -2.01. The number of aryl methyl sites for hydroxylation is 1. The van der Waals surface area contributed by atoms with E-state index in [0.717, 1.165) is 48.3 Å². The topological polar surface area (TPSA) is 53.7 Å². The van der Waals surface area contributed by atoms with Crippen molar-refractivity contribution in [2.45, 2.75) is 31.7 Å². The van der Waals surface area contributed by atoms with E-state index in [-0.39, 0.29) is 22.7 Å². The van der Waals surface area contributed by atoms with Crippen molar-refractivity contribution in [1.29, 1.82) is 0 Å².